The van der Waals surface area contributed by atoms with Crippen molar-refractivity contribution in [2.45, 2.75) is 0 Å². The third-order valence-corrected chi connectivity index (χ3v) is 2.46. The Morgan fingerprint density at radius 1 is 1.19 bits per heavy atom. The Kier molecular flexibility index (Phi) is 1.86. The normalized spacial score (nSPS) is 10.8. The smallest absolute Gasteiger partial charge is 0.262 e. The van der Waals surface area contributed by atoms with Crippen molar-refractivity contribution in [3.63, 3.8) is 0 Å². The fourth-order valence-electron chi connectivity index (χ4n) is 1.71. The second-order valence-electron chi connectivity index (χ2n) is 3.43. The van der Waals surface area contributed by atoms with Gasteiger partial charge in [0.15, 0.2) is 0 Å². The van der Waals surface area contributed by atoms with E-state index < -0.39 is 0 Å². The van der Waals surface area contributed by atoms with E-state index in [0.717, 1.165) is 11.1 Å². The van der Waals surface area contributed by atoms with Crippen molar-refractivity contribution in [1.29, 1.82) is 0 Å². The third-order valence-electron chi connectivity index (χ3n) is 2.46. The van der Waals surface area contributed by atoms with Crippen LogP contribution in [0.3, 0.4) is 0 Å². The maximum Gasteiger partial charge on any atom is 0.262 e. The quantitative estimate of drug-likeness (QED) is 0.672. The minimum atomic E-state index is -0.183. The zero-order valence-corrected chi connectivity index (χ0v) is 8.31. The molecule has 0 amide bonds. The van der Waals surface area contributed by atoms with Crippen LogP contribution in [0.4, 0.5) is 0 Å². The molecule has 0 unspecified atom stereocenters. The van der Waals surface area contributed by atoms with Gasteiger partial charge in [-0.2, -0.15) is 0 Å². The highest BCUT2D eigenvalue weighted by Gasteiger charge is 2.11. The zero-order chi connectivity index (χ0) is 11.0. The molecule has 3 aromatic rings. The monoisotopic (exact) mass is 212 g/mol. The molecular formula is C12H8N2O2. The van der Waals surface area contributed by atoms with Crippen molar-refractivity contribution < 1.29 is 4.42 Å². The molecule has 4 nitrogen and oxygen atoms in total. The van der Waals surface area contributed by atoms with Crippen LogP contribution >= 0.6 is 0 Å². The van der Waals surface area contributed by atoms with Crippen LogP contribution in [-0.4, -0.2) is 9.97 Å². The molecule has 2 aromatic heterocycles. The van der Waals surface area contributed by atoms with Crippen molar-refractivity contribution in [1.82, 2.24) is 9.97 Å². The van der Waals surface area contributed by atoms with Gasteiger partial charge >= 0.3 is 0 Å². The molecule has 0 radical (unpaired) electrons. The fourth-order valence-corrected chi connectivity index (χ4v) is 1.71. The molecule has 16 heavy (non-hydrogen) atoms. The Bertz CT molecular complexity index is 683. The molecule has 78 valence electrons. The molecule has 0 bridgehead atoms. The average molecular weight is 212 g/mol. The van der Waals surface area contributed by atoms with E-state index in [9.17, 15) is 4.79 Å². The molecule has 0 spiro atoms. The summed E-state index contributed by atoms with van der Waals surface area (Å²) in [6.45, 7) is 0. The summed E-state index contributed by atoms with van der Waals surface area (Å²) in [5.41, 5.74) is 1.89. The van der Waals surface area contributed by atoms with Gasteiger partial charge in [0.2, 0.25) is 5.71 Å². The van der Waals surface area contributed by atoms with Gasteiger partial charge in [0.1, 0.15) is 11.6 Å². The number of H-pyrrole nitrogens is 1. The van der Waals surface area contributed by atoms with E-state index >= 15 is 0 Å². The average Bonchev–Trinajstić information content (AvgIpc) is 2.75. The summed E-state index contributed by atoms with van der Waals surface area (Å²) in [6.07, 6.45) is 2.89. The number of rotatable bonds is 1. The number of hydrogen-bond acceptors (Lipinski definition) is 3. The third kappa shape index (κ3) is 1.24. The van der Waals surface area contributed by atoms with Gasteiger partial charge in [0, 0.05) is 5.56 Å². The van der Waals surface area contributed by atoms with E-state index in [1.54, 1.807) is 6.26 Å². The van der Waals surface area contributed by atoms with Crippen molar-refractivity contribution >= 4 is 11.1 Å². The van der Waals surface area contributed by atoms with E-state index in [1.807, 2.05) is 30.3 Å². The maximum absolute atomic E-state index is 11.7. The molecule has 1 aromatic carbocycles. The lowest BCUT2D eigenvalue weighted by Crippen LogP contribution is -2.05. The van der Waals surface area contributed by atoms with Crippen LogP contribution in [0.2, 0.25) is 0 Å². The molecule has 0 aliphatic heterocycles. The maximum atomic E-state index is 11.7. The van der Waals surface area contributed by atoms with Crippen molar-refractivity contribution in [2.24, 2.45) is 0 Å². The second-order valence-corrected chi connectivity index (χ2v) is 3.43. The van der Waals surface area contributed by atoms with E-state index in [2.05, 4.69) is 9.97 Å². The van der Waals surface area contributed by atoms with Gasteiger partial charge in [-0.3, -0.25) is 4.79 Å². The molecule has 4 heteroatoms. The van der Waals surface area contributed by atoms with Gasteiger partial charge in [0.05, 0.1) is 6.33 Å². The van der Waals surface area contributed by atoms with Crippen LogP contribution in [-0.2, 0) is 0 Å². The van der Waals surface area contributed by atoms with Gasteiger partial charge in [-0.05, 0) is 5.56 Å². The Hall–Kier alpha value is -2.36. The minimum Gasteiger partial charge on any atom is -0.445 e. The molecule has 0 fully saturated rings. The number of benzene rings is 1. The first-order valence-corrected chi connectivity index (χ1v) is 4.86. The molecule has 3 rings (SSSR count). The van der Waals surface area contributed by atoms with Gasteiger partial charge in [-0.1, -0.05) is 30.3 Å². The van der Waals surface area contributed by atoms with Crippen molar-refractivity contribution in [3.05, 3.63) is 53.3 Å². The lowest BCUT2D eigenvalue weighted by molar-refractivity contribution is 0.603. The molecule has 0 saturated heterocycles. The molecule has 0 atom stereocenters. The largest absolute Gasteiger partial charge is 0.445 e. The predicted octanol–water partition coefficient (Wildman–Crippen LogP) is 2.18. The van der Waals surface area contributed by atoms with Crippen LogP contribution in [0, 0.1) is 0 Å². The first-order chi connectivity index (χ1) is 7.86. The Labute approximate surface area is 90.6 Å². The van der Waals surface area contributed by atoms with Gasteiger partial charge in [-0.15, -0.1) is 0 Å². The van der Waals surface area contributed by atoms with E-state index in [4.69, 9.17) is 4.42 Å². The Morgan fingerprint density at radius 2 is 2.00 bits per heavy atom. The highest BCUT2D eigenvalue weighted by molar-refractivity contribution is 5.91. The fraction of sp³-hybridized carbons (Fsp3) is 0. The highest BCUT2D eigenvalue weighted by atomic mass is 16.3. The van der Waals surface area contributed by atoms with E-state index in [1.165, 1.54) is 6.33 Å². The molecule has 0 aliphatic rings. The molecule has 1 N–H and O–H groups in total. The van der Waals surface area contributed by atoms with Gasteiger partial charge < -0.3 is 9.40 Å². The Morgan fingerprint density at radius 3 is 2.81 bits per heavy atom. The molecular weight excluding hydrogens is 204 g/mol. The summed E-state index contributed by atoms with van der Waals surface area (Å²) in [4.78, 5) is 18.2. The topological polar surface area (TPSA) is 58.9 Å². The molecule has 2 heterocycles. The van der Waals surface area contributed by atoms with Gasteiger partial charge in [-0.25, -0.2) is 4.98 Å². The molecule has 0 saturated carbocycles. The summed E-state index contributed by atoms with van der Waals surface area (Å²) < 4.78 is 5.25. The van der Waals surface area contributed by atoms with Crippen molar-refractivity contribution in [2.75, 3.05) is 0 Å². The van der Waals surface area contributed by atoms with E-state index in [-0.39, 0.29) is 5.56 Å². The van der Waals surface area contributed by atoms with Crippen molar-refractivity contribution in [3.8, 4) is 11.1 Å². The van der Waals surface area contributed by atoms with Crippen LogP contribution in [0.5, 0.6) is 0 Å². The van der Waals surface area contributed by atoms with Gasteiger partial charge in [0.25, 0.3) is 5.56 Å². The van der Waals surface area contributed by atoms with E-state index in [0.29, 0.717) is 11.1 Å². The van der Waals surface area contributed by atoms with Crippen LogP contribution < -0.4 is 5.56 Å². The van der Waals surface area contributed by atoms with Crippen LogP contribution in [0.15, 0.2) is 52.1 Å². The first kappa shape index (κ1) is 8.91. The summed E-state index contributed by atoms with van der Waals surface area (Å²) >= 11 is 0. The summed E-state index contributed by atoms with van der Waals surface area (Å²) in [5.74, 6) is 0. The lowest BCUT2D eigenvalue weighted by atomic mass is 10.1. The first-order valence-electron chi connectivity index (χ1n) is 4.86. The zero-order valence-electron chi connectivity index (χ0n) is 8.31. The molecule has 0 aliphatic carbocycles. The number of aromatic amines is 1. The number of nitrogens with one attached hydrogen (secondary N) is 1. The lowest BCUT2D eigenvalue weighted by Gasteiger charge is -1.95. The second kappa shape index (κ2) is 3.34. The van der Waals surface area contributed by atoms with Crippen LogP contribution in [0.1, 0.15) is 0 Å². The summed E-state index contributed by atoms with van der Waals surface area (Å²) in [6, 6.07) is 9.61. The summed E-state index contributed by atoms with van der Waals surface area (Å²) in [5, 5.41) is 0.494. The number of hydrogen-bond donors (Lipinski definition) is 1. The predicted molar refractivity (Wildman–Crippen MR) is 60.1 cm³/mol. The summed E-state index contributed by atoms with van der Waals surface area (Å²) in [7, 11) is 0. The standard InChI is InChI=1S/C12H8N2O2/c15-11-10-9(8-4-2-1-3-5-8)6-16-12(10)14-7-13-11/h1-7H,(H,13,14,15). The minimum absolute atomic E-state index is 0.183. The van der Waals surface area contributed by atoms with Crippen LogP contribution in [0.25, 0.3) is 22.2 Å². The number of furan rings is 1. The Balaban J connectivity index is 2.38. The number of nitrogens with zero attached hydrogens (tertiary/aromatic N) is 1. The SMILES string of the molecule is O=c1[nH]cnc2occ(-c3ccccc3)c12. The number of aromatic nitrogens is 2. The number of fused-ring (bicyclic) bond motifs is 1. The highest BCUT2D eigenvalue weighted by Crippen LogP contribution is 2.26.